The van der Waals surface area contributed by atoms with E-state index >= 15 is 0 Å². The Hall–Kier alpha value is -2.29. The molecule has 1 amide bonds. The van der Waals surface area contributed by atoms with Gasteiger partial charge in [0.1, 0.15) is 6.10 Å². The first-order chi connectivity index (χ1) is 12.9. The minimum Gasteiger partial charge on any atom is -0.394 e. The van der Waals surface area contributed by atoms with Gasteiger partial charge in [-0.05, 0) is 42.2 Å². The third-order valence-electron chi connectivity index (χ3n) is 4.32. The van der Waals surface area contributed by atoms with E-state index in [-0.39, 0.29) is 11.6 Å². The van der Waals surface area contributed by atoms with Gasteiger partial charge in [0.15, 0.2) is 0 Å². The van der Waals surface area contributed by atoms with E-state index in [4.69, 9.17) is 0 Å². The number of carbonyl (C=O) groups excluding carboxylic acids is 1. The number of carbonyl (C=O) groups is 1. The van der Waals surface area contributed by atoms with Crippen molar-refractivity contribution in [2.45, 2.75) is 45.3 Å². The molecule has 2 atom stereocenters. The van der Waals surface area contributed by atoms with Crippen LogP contribution in [0.5, 0.6) is 0 Å². The molecule has 0 unspecified atom stereocenters. The lowest BCUT2D eigenvalue weighted by molar-refractivity contribution is -0.384. The minimum atomic E-state index is -1.18. The van der Waals surface area contributed by atoms with Gasteiger partial charge < -0.3 is 15.5 Å². The maximum absolute atomic E-state index is 12.6. The molecule has 8 heteroatoms. The van der Waals surface area contributed by atoms with Crippen LogP contribution in [0.1, 0.15) is 52.0 Å². The Morgan fingerprint density at radius 2 is 1.96 bits per heavy atom. The number of nitro groups is 1. The predicted octanol–water partition coefficient (Wildman–Crippen LogP) is 3.00. The molecule has 0 aliphatic carbocycles. The number of nitro benzene ring substituents is 1. The fourth-order valence-electron chi connectivity index (χ4n) is 2.81. The van der Waals surface area contributed by atoms with Crippen molar-refractivity contribution < 1.29 is 19.9 Å². The van der Waals surface area contributed by atoms with Gasteiger partial charge >= 0.3 is 0 Å². The highest BCUT2D eigenvalue weighted by Gasteiger charge is 2.24. The second kappa shape index (κ2) is 9.59. The van der Waals surface area contributed by atoms with Gasteiger partial charge in [-0.1, -0.05) is 20.3 Å². The molecule has 0 fully saturated rings. The zero-order valence-corrected chi connectivity index (χ0v) is 16.2. The molecule has 2 rings (SSSR count). The molecule has 0 aliphatic rings. The number of benzene rings is 1. The molecule has 27 heavy (non-hydrogen) atoms. The van der Waals surface area contributed by atoms with Gasteiger partial charge in [-0.2, -0.15) is 0 Å². The summed E-state index contributed by atoms with van der Waals surface area (Å²) in [5.41, 5.74) is 1.43. The van der Waals surface area contributed by atoms with Crippen LogP contribution >= 0.6 is 11.3 Å². The number of nitrogens with zero attached hydrogens (tertiary/aromatic N) is 1. The fraction of sp³-hybridized carbons (Fsp3) is 0.421. The van der Waals surface area contributed by atoms with Gasteiger partial charge in [0.05, 0.1) is 22.4 Å². The van der Waals surface area contributed by atoms with Gasteiger partial charge in [-0.15, -0.1) is 11.3 Å². The number of thiophene rings is 1. The van der Waals surface area contributed by atoms with Crippen LogP contribution < -0.4 is 5.32 Å². The number of nitrogens with one attached hydrogen (secondary N) is 1. The maximum atomic E-state index is 12.6. The SMILES string of the molecule is CCCc1sc(C(=O)N[C@H](CO)[C@H](O)c2ccc([N+](=O)[O-])cc2)cc1CC. The van der Waals surface area contributed by atoms with E-state index in [0.29, 0.717) is 10.4 Å². The molecule has 0 saturated heterocycles. The highest BCUT2D eigenvalue weighted by molar-refractivity contribution is 7.14. The standard InChI is InChI=1S/C19H24N2O5S/c1-3-5-16-12(4-2)10-17(27-16)19(24)20-15(11-22)18(23)13-6-8-14(9-7-13)21(25)26/h6-10,15,18,22-23H,3-5,11H2,1-2H3,(H,20,24)/t15-,18-/m1/s1. The number of aliphatic hydroxyl groups excluding tert-OH is 2. The summed E-state index contributed by atoms with van der Waals surface area (Å²) in [6.45, 7) is 3.66. The lowest BCUT2D eigenvalue weighted by Crippen LogP contribution is -2.41. The largest absolute Gasteiger partial charge is 0.394 e. The third-order valence-corrected chi connectivity index (χ3v) is 5.55. The normalized spacial score (nSPS) is 13.2. The molecular formula is C19H24N2O5S. The zero-order chi connectivity index (χ0) is 20.0. The number of aliphatic hydroxyl groups is 2. The maximum Gasteiger partial charge on any atom is 0.269 e. The minimum absolute atomic E-state index is 0.0929. The fourth-order valence-corrected chi connectivity index (χ4v) is 4.06. The summed E-state index contributed by atoms with van der Waals surface area (Å²) in [6, 6.07) is 6.32. The van der Waals surface area contributed by atoms with Crippen LogP contribution in [-0.2, 0) is 12.8 Å². The first kappa shape index (κ1) is 21.0. The summed E-state index contributed by atoms with van der Waals surface area (Å²) >= 11 is 1.43. The van der Waals surface area contributed by atoms with Crippen molar-refractivity contribution in [2.24, 2.45) is 0 Å². The highest BCUT2D eigenvalue weighted by atomic mass is 32.1. The van der Waals surface area contributed by atoms with Gasteiger partial charge in [0.25, 0.3) is 11.6 Å². The number of hydrogen-bond donors (Lipinski definition) is 3. The average Bonchev–Trinajstić information content (AvgIpc) is 3.09. The summed E-state index contributed by atoms with van der Waals surface area (Å²) in [5, 5.41) is 33.4. The Kier molecular flexibility index (Phi) is 7.46. The highest BCUT2D eigenvalue weighted by Crippen LogP contribution is 2.26. The number of rotatable bonds is 9. The lowest BCUT2D eigenvalue weighted by Gasteiger charge is -2.22. The molecule has 1 aromatic carbocycles. The average molecular weight is 392 g/mol. The van der Waals surface area contributed by atoms with Gasteiger partial charge in [-0.25, -0.2) is 0 Å². The topological polar surface area (TPSA) is 113 Å². The number of aryl methyl sites for hydroxylation is 2. The molecule has 0 radical (unpaired) electrons. The van der Waals surface area contributed by atoms with E-state index in [1.165, 1.54) is 40.5 Å². The van der Waals surface area contributed by atoms with Gasteiger partial charge in [0, 0.05) is 17.0 Å². The molecule has 0 aliphatic heterocycles. The molecule has 0 bridgehead atoms. The predicted molar refractivity (Wildman–Crippen MR) is 104 cm³/mol. The summed E-state index contributed by atoms with van der Waals surface area (Å²) in [7, 11) is 0. The Morgan fingerprint density at radius 1 is 1.30 bits per heavy atom. The van der Waals surface area contributed by atoms with Crippen molar-refractivity contribution in [3.63, 3.8) is 0 Å². The molecule has 3 N–H and O–H groups in total. The van der Waals surface area contributed by atoms with E-state index in [1.54, 1.807) is 0 Å². The van der Waals surface area contributed by atoms with Crippen LogP contribution in [-0.4, -0.2) is 33.7 Å². The molecule has 7 nitrogen and oxygen atoms in total. The van der Waals surface area contributed by atoms with Crippen molar-refractivity contribution in [3.8, 4) is 0 Å². The lowest BCUT2D eigenvalue weighted by atomic mass is 10.0. The van der Waals surface area contributed by atoms with Crippen LogP contribution in [0.4, 0.5) is 5.69 Å². The first-order valence-corrected chi connectivity index (χ1v) is 9.68. The van der Waals surface area contributed by atoms with Gasteiger partial charge in [0.2, 0.25) is 0 Å². The van der Waals surface area contributed by atoms with Gasteiger partial charge in [-0.3, -0.25) is 14.9 Å². The van der Waals surface area contributed by atoms with E-state index in [9.17, 15) is 25.1 Å². The summed E-state index contributed by atoms with van der Waals surface area (Å²) in [5.74, 6) is -0.350. The van der Waals surface area contributed by atoms with E-state index in [2.05, 4.69) is 12.2 Å². The Balaban J connectivity index is 2.13. The smallest absolute Gasteiger partial charge is 0.269 e. The first-order valence-electron chi connectivity index (χ1n) is 8.86. The van der Waals surface area contributed by atoms with Crippen molar-refractivity contribution in [3.05, 3.63) is 61.3 Å². The molecule has 146 valence electrons. The Bertz CT molecular complexity index is 788. The summed E-state index contributed by atoms with van der Waals surface area (Å²) in [6.07, 6.45) is 1.57. The molecule has 0 spiro atoms. The van der Waals surface area contributed by atoms with Crippen molar-refractivity contribution in [1.82, 2.24) is 5.32 Å². The van der Waals surface area contributed by atoms with Crippen molar-refractivity contribution in [2.75, 3.05) is 6.61 Å². The molecular weight excluding hydrogens is 368 g/mol. The Labute approximate surface area is 161 Å². The quantitative estimate of drug-likeness (QED) is 0.448. The number of amides is 1. The van der Waals surface area contributed by atoms with Crippen LogP contribution in [0, 0.1) is 10.1 Å². The number of non-ortho nitro benzene ring substituents is 1. The summed E-state index contributed by atoms with van der Waals surface area (Å²) in [4.78, 5) is 24.5. The second-order valence-electron chi connectivity index (χ2n) is 6.22. The summed E-state index contributed by atoms with van der Waals surface area (Å²) < 4.78 is 0. The van der Waals surface area contributed by atoms with E-state index in [1.807, 2.05) is 13.0 Å². The second-order valence-corrected chi connectivity index (χ2v) is 7.36. The van der Waals surface area contributed by atoms with Crippen LogP contribution in [0.25, 0.3) is 0 Å². The molecule has 1 heterocycles. The van der Waals surface area contributed by atoms with Crippen molar-refractivity contribution >= 4 is 22.9 Å². The molecule has 0 saturated carbocycles. The molecule has 1 aromatic heterocycles. The monoisotopic (exact) mass is 392 g/mol. The van der Waals surface area contributed by atoms with Crippen molar-refractivity contribution in [1.29, 1.82) is 0 Å². The Morgan fingerprint density at radius 3 is 2.48 bits per heavy atom. The van der Waals surface area contributed by atoms with Crippen LogP contribution in [0.3, 0.4) is 0 Å². The zero-order valence-electron chi connectivity index (χ0n) is 15.3. The van der Waals surface area contributed by atoms with Crippen LogP contribution in [0.2, 0.25) is 0 Å². The molecule has 2 aromatic rings. The van der Waals surface area contributed by atoms with E-state index < -0.39 is 23.7 Å². The van der Waals surface area contributed by atoms with E-state index in [0.717, 1.165) is 24.8 Å². The third kappa shape index (κ3) is 5.12. The van der Waals surface area contributed by atoms with Crippen LogP contribution in [0.15, 0.2) is 30.3 Å². The number of hydrogen-bond acceptors (Lipinski definition) is 6.